The molecule has 0 atom stereocenters. The molecule has 0 aromatic carbocycles. The fourth-order valence-electron chi connectivity index (χ4n) is 0.496. The third-order valence-corrected chi connectivity index (χ3v) is 0.859. The molecule has 46 valence electrons. The summed E-state index contributed by atoms with van der Waals surface area (Å²) < 4.78 is 0.475. The Balaban J connectivity index is 3.37. The van der Waals surface area contributed by atoms with Crippen molar-refractivity contribution in [3.8, 4) is 0 Å². The number of rotatable bonds is 0. The average Bonchev–Trinajstić information content (AvgIpc) is 1.93. The summed E-state index contributed by atoms with van der Waals surface area (Å²) in [5, 5.41) is 10.4. The van der Waals surface area contributed by atoms with Crippen LogP contribution in [0.4, 0.5) is 0 Å². The predicted molar refractivity (Wildman–Crippen MR) is 31.7 cm³/mol. The quantitative estimate of drug-likeness (QED) is 0.350. The van der Waals surface area contributed by atoms with E-state index < -0.39 is 0 Å². The summed E-state index contributed by atoms with van der Waals surface area (Å²) in [7, 11) is 0. The van der Waals surface area contributed by atoms with Gasteiger partial charge in [-0.25, -0.2) is 0 Å². The molecule has 1 heterocycles. The molecule has 0 saturated carbocycles. The number of hydrogen-bond acceptors (Lipinski definition) is 2. The van der Waals surface area contributed by atoms with E-state index in [1.54, 1.807) is 0 Å². The lowest BCUT2D eigenvalue weighted by molar-refractivity contribution is -0.605. The minimum Gasteiger partial charge on any atom is -0.619 e. The molecule has 0 saturated heterocycles. The summed E-state index contributed by atoms with van der Waals surface area (Å²) in [5.74, 6) is 0. The second-order valence-electron chi connectivity index (χ2n) is 1.59. The van der Waals surface area contributed by atoms with Gasteiger partial charge in [0.25, 0.3) is 0 Å². The van der Waals surface area contributed by atoms with E-state index >= 15 is 0 Å². The Morgan fingerprint density at radius 3 is 3.00 bits per heavy atom. The van der Waals surface area contributed by atoms with Crippen molar-refractivity contribution in [2.45, 2.75) is 0 Å². The second kappa shape index (κ2) is 2.26. The first-order valence-corrected chi connectivity index (χ1v) is 2.48. The Hall–Kier alpha value is -1.38. The highest BCUT2D eigenvalue weighted by Crippen LogP contribution is 1.66. The van der Waals surface area contributed by atoms with E-state index in [4.69, 9.17) is 0 Å². The molecule has 0 aliphatic carbocycles. The van der Waals surface area contributed by atoms with E-state index in [2.05, 4.69) is 0 Å². The van der Waals surface area contributed by atoms with Gasteiger partial charge < -0.3 is 5.21 Å². The van der Waals surface area contributed by atoms with Gasteiger partial charge in [0.2, 0.25) is 11.6 Å². The van der Waals surface area contributed by atoms with Gasteiger partial charge in [-0.05, 0) is 6.07 Å². The van der Waals surface area contributed by atoms with E-state index in [9.17, 15) is 10.0 Å². The highest BCUT2D eigenvalue weighted by atomic mass is 16.5. The van der Waals surface area contributed by atoms with Crippen LogP contribution in [-0.2, 0) is 0 Å². The van der Waals surface area contributed by atoms with Crippen LogP contribution in [-0.4, -0.2) is 0 Å². The van der Waals surface area contributed by atoms with Crippen molar-refractivity contribution in [2.75, 3.05) is 0 Å². The van der Waals surface area contributed by atoms with Crippen molar-refractivity contribution < 1.29 is 4.73 Å². The topological polar surface area (TPSA) is 44.0 Å². The maximum absolute atomic E-state index is 10.5. The number of nitrogens with zero attached hydrogens (tertiary/aromatic N) is 1. The molecule has 0 aliphatic heterocycles. The standard InChI is InChI=1S/C6H5NO2/c8-6-3-1-2-4-7(9)5-6/h1-5H. The lowest BCUT2D eigenvalue weighted by Gasteiger charge is -1.83. The molecular formula is C6H5NO2. The maximum Gasteiger partial charge on any atom is 0.243 e. The smallest absolute Gasteiger partial charge is 0.243 e. The molecule has 0 aliphatic rings. The molecule has 0 fully saturated rings. The van der Waals surface area contributed by atoms with Crippen LogP contribution in [0.3, 0.4) is 0 Å². The van der Waals surface area contributed by atoms with E-state index in [1.807, 2.05) is 0 Å². The molecular weight excluding hydrogens is 118 g/mol. The lowest BCUT2D eigenvalue weighted by Crippen LogP contribution is -2.26. The van der Waals surface area contributed by atoms with Crippen LogP contribution in [0.2, 0.25) is 0 Å². The third kappa shape index (κ3) is 1.53. The van der Waals surface area contributed by atoms with Crippen molar-refractivity contribution >= 4 is 0 Å². The van der Waals surface area contributed by atoms with E-state index in [0.717, 1.165) is 6.20 Å². The second-order valence-corrected chi connectivity index (χ2v) is 1.59. The molecule has 0 amide bonds. The largest absolute Gasteiger partial charge is 0.619 e. The first-order chi connectivity index (χ1) is 4.29. The van der Waals surface area contributed by atoms with Gasteiger partial charge in [-0.2, -0.15) is 4.73 Å². The molecule has 3 nitrogen and oxygen atoms in total. The highest BCUT2D eigenvalue weighted by molar-refractivity contribution is 4.88. The first-order valence-electron chi connectivity index (χ1n) is 2.48. The molecule has 0 bridgehead atoms. The Labute approximate surface area is 51.8 Å². The Morgan fingerprint density at radius 2 is 2.22 bits per heavy atom. The predicted octanol–water partition coefficient (Wildman–Crippen LogP) is -0.320. The third-order valence-electron chi connectivity index (χ3n) is 0.859. The highest BCUT2D eigenvalue weighted by Gasteiger charge is 1.82. The van der Waals surface area contributed by atoms with Crippen LogP contribution in [0.15, 0.2) is 35.4 Å². The van der Waals surface area contributed by atoms with Gasteiger partial charge in [0.15, 0.2) is 6.20 Å². The average molecular weight is 123 g/mol. The Bertz CT molecular complexity index is 259. The van der Waals surface area contributed by atoms with Gasteiger partial charge in [-0.1, -0.05) is 6.07 Å². The van der Waals surface area contributed by atoms with Crippen molar-refractivity contribution in [1.82, 2.24) is 0 Å². The van der Waals surface area contributed by atoms with E-state index in [0.29, 0.717) is 4.73 Å². The summed E-state index contributed by atoms with van der Waals surface area (Å²) in [6.45, 7) is 0. The van der Waals surface area contributed by atoms with Crippen molar-refractivity contribution in [3.05, 3.63) is 46.0 Å². The fraction of sp³-hybridized carbons (Fsp3) is 0. The summed E-state index contributed by atoms with van der Waals surface area (Å²) in [4.78, 5) is 10.5. The first kappa shape index (κ1) is 5.75. The van der Waals surface area contributed by atoms with E-state index in [-0.39, 0.29) is 5.43 Å². The van der Waals surface area contributed by atoms with Crippen LogP contribution in [0.25, 0.3) is 0 Å². The Morgan fingerprint density at radius 1 is 1.44 bits per heavy atom. The molecule has 9 heavy (non-hydrogen) atoms. The molecule has 0 radical (unpaired) electrons. The normalized spacial score (nSPS) is 8.89. The molecule has 1 aromatic heterocycles. The van der Waals surface area contributed by atoms with E-state index in [1.165, 1.54) is 24.4 Å². The van der Waals surface area contributed by atoms with Gasteiger partial charge in [-0.15, -0.1) is 0 Å². The molecule has 0 N–H and O–H groups in total. The van der Waals surface area contributed by atoms with Gasteiger partial charge in [0.1, 0.15) is 0 Å². The Kier molecular flexibility index (Phi) is 1.44. The zero-order valence-corrected chi connectivity index (χ0v) is 4.65. The van der Waals surface area contributed by atoms with Crippen LogP contribution in [0, 0.1) is 5.21 Å². The monoisotopic (exact) mass is 123 g/mol. The summed E-state index contributed by atoms with van der Waals surface area (Å²) in [6.07, 6.45) is 2.24. The zero-order valence-electron chi connectivity index (χ0n) is 4.65. The number of hydrogen-bond donors (Lipinski definition) is 0. The summed E-state index contributed by atoms with van der Waals surface area (Å²) >= 11 is 0. The van der Waals surface area contributed by atoms with Gasteiger partial charge in [0.05, 0.1) is 0 Å². The molecule has 1 aromatic rings. The van der Waals surface area contributed by atoms with Crippen molar-refractivity contribution in [3.63, 3.8) is 0 Å². The molecule has 1 rings (SSSR count). The van der Waals surface area contributed by atoms with Gasteiger partial charge in [-0.3, -0.25) is 4.79 Å². The lowest BCUT2D eigenvalue weighted by atomic mass is 10.5. The maximum atomic E-state index is 10.5. The molecule has 0 unspecified atom stereocenters. The summed E-state index contributed by atoms with van der Waals surface area (Å²) in [6, 6.07) is 4.36. The minimum absolute atomic E-state index is 0.282. The van der Waals surface area contributed by atoms with Crippen LogP contribution >= 0.6 is 0 Å². The van der Waals surface area contributed by atoms with Crippen LogP contribution < -0.4 is 10.2 Å². The molecule has 3 heteroatoms. The fourth-order valence-corrected chi connectivity index (χ4v) is 0.496. The van der Waals surface area contributed by atoms with Crippen LogP contribution in [0.1, 0.15) is 0 Å². The van der Waals surface area contributed by atoms with Crippen LogP contribution in [0.5, 0.6) is 0 Å². The van der Waals surface area contributed by atoms with Crippen molar-refractivity contribution in [2.24, 2.45) is 0 Å². The minimum atomic E-state index is -0.282. The van der Waals surface area contributed by atoms with Crippen molar-refractivity contribution in [1.29, 1.82) is 0 Å². The van der Waals surface area contributed by atoms with Gasteiger partial charge >= 0.3 is 0 Å². The summed E-state index contributed by atoms with van der Waals surface area (Å²) in [5.41, 5.74) is -0.282. The molecule has 0 spiro atoms. The SMILES string of the molecule is O=c1cccc[n+]([O-])c1. The zero-order chi connectivity index (χ0) is 6.69. The van der Waals surface area contributed by atoms with Gasteiger partial charge in [0, 0.05) is 6.07 Å². The number of aromatic nitrogens is 1.